The molecule has 1 saturated heterocycles. The van der Waals surface area contributed by atoms with Crippen molar-refractivity contribution in [2.75, 3.05) is 12.4 Å². The zero-order valence-corrected chi connectivity index (χ0v) is 10.4. The molecule has 9 heteroatoms. The normalized spacial score (nSPS) is 38.4. The van der Waals surface area contributed by atoms with Crippen molar-refractivity contribution >= 4 is 17.7 Å². The molecule has 0 aromatic carbocycles. The minimum Gasteiger partial charge on any atom is -0.480 e. The summed E-state index contributed by atoms with van der Waals surface area (Å²) in [6.07, 6.45) is -3.46. The van der Waals surface area contributed by atoms with E-state index in [0.717, 1.165) is 11.8 Å². The van der Waals surface area contributed by atoms with Crippen LogP contribution in [0.25, 0.3) is 0 Å². The smallest absolute Gasteiger partial charge is 0.321 e. The monoisotopic (exact) mass is 282 g/mol. The molecule has 0 bridgehead atoms. The first-order valence-electron chi connectivity index (χ1n) is 5.36. The molecule has 0 aliphatic carbocycles. The predicted octanol–water partition coefficient (Wildman–Crippen LogP) is -3.10. The Labute approximate surface area is 108 Å². The van der Waals surface area contributed by atoms with Gasteiger partial charge >= 0.3 is 5.97 Å². The molecule has 106 valence electrons. The highest BCUT2D eigenvalue weighted by molar-refractivity contribution is 7.99. The van der Waals surface area contributed by atoms with Gasteiger partial charge in [0.25, 0.3) is 0 Å². The molecular weight excluding hydrogens is 264 g/mol. The Kier molecular flexibility index (Phi) is 5.79. The van der Waals surface area contributed by atoms with Crippen LogP contribution in [0.1, 0.15) is 0 Å². The topological polar surface area (TPSA) is 159 Å². The Balaban J connectivity index is 2.56. The average molecular weight is 282 g/mol. The average Bonchev–Trinajstić information content (AvgIpc) is 2.34. The summed E-state index contributed by atoms with van der Waals surface area (Å²) < 4.78 is 5.29. The molecule has 8 N–H and O–H groups in total. The molecule has 1 rings (SSSR count). The summed E-state index contributed by atoms with van der Waals surface area (Å²) in [5, 5.41) is 36.8. The van der Waals surface area contributed by atoms with E-state index < -0.39 is 48.4 Å². The van der Waals surface area contributed by atoms with Crippen molar-refractivity contribution in [1.29, 1.82) is 0 Å². The van der Waals surface area contributed by atoms with Crippen LogP contribution in [-0.2, 0) is 9.53 Å². The van der Waals surface area contributed by atoms with Gasteiger partial charge in [-0.15, -0.1) is 11.8 Å². The van der Waals surface area contributed by atoms with Crippen molar-refractivity contribution in [3.63, 3.8) is 0 Å². The van der Waals surface area contributed by atoms with E-state index >= 15 is 0 Å². The van der Waals surface area contributed by atoms with E-state index in [1.54, 1.807) is 0 Å². The molecular formula is C9H18N2O6S. The highest BCUT2D eigenvalue weighted by atomic mass is 32.2. The van der Waals surface area contributed by atoms with Crippen molar-refractivity contribution in [2.45, 2.75) is 35.8 Å². The zero-order valence-electron chi connectivity index (χ0n) is 9.55. The fraction of sp³-hybridized carbons (Fsp3) is 0.889. The molecule has 1 aliphatic rings. The van der Waals surface area contributed by atoms with E-state index in [4.69, 9.17) is 26.4 Å². The number of aliphatic hydroxyl groups excluding tert-OH is 3. The van der Waals surface area contributed by atoms with Crippen LogP contribution in [0.5, 0.6) is 0 Å². The molecule has 0 radical (unpaired) electrons. The third kappa shape index (κ3) is 3.54. The maximum Gasteiger partial charge on any atom is 0.321 e. The van der Waals surface area contributed by atoms with Gasteiger partial charge in [0.05, 0.1) is 12.6 Å². The van der Waals surface area contributed by atoms with Gasteiger partial charge in [-0.3, -0.25) is 4.79 Å². The molecule has 0 aromatic rings. The van der Waals surface area contributed by atoms with Crippen LogP contribution >= 0.6 is 11.8 Å². The molecule has 8 nitrogen and oxygen atoms in total. The number of nitrogens with two attached hydrogens (primary N) is 2. The largest absolute Gasteiger partial charge is 0.480 e. The highest BCUT2D eigenvalue weighted by Crippen LogP contribution is 2.27. The van der Waals surface area contributed by atoms with Gasteiger partial charge in [-0.25, -0.2) is 0 Å². The molecule has 1 unspecified atom stereocenters. The van der Waals surface area contributed by atoms with Gasteiger partial charge in [0.1, 0.15) is 29.8 Å². The van der Waals surface area contributed by atoms with Crippen molar-refractivity contribution in [3.05, 3.63) is 0 Å². The van der Waals surface area contributed by atoms with Crippen molar-refractivity contribution in [2.24, 2.45) is 11.5 Å². The van der Waals surface area contributed by atoms with Crippen LogP contribution in [0.4, 0.5) is 0 Å². The van der Waals surface area contributed by atoms with Crippen LogP contribution in [0.3, 0.4) is 0 Å². The molecule has 0 amide bonds. The second-order valence-electron chi connectivity index (χ2n) is 4.06. The predicted molar refractivity (Wildman–Crippen MR) is 63.8 cm³/mol. The zero-order chi connectivity index (χ0) is 13.9. The van der Waals surface area contributed by atoms with Crippen LogP contribution in [0, 0.1) is 0 Å². The molecule has 0 spiro atoms. The van der Waals surface area contributed by atoms with E-state index in [2.05, 4.69) is 0 Å². The van der Waals surface area contributed by atoms with Gasteiger partial charge in [-0.2, -0.15) is 0 Å². The maximum absolute atomic E-state index is 10.6. The lowest BCUT2D eigenvalue weighted by molar-refractivity contribution is -0.165. The minimum atomic E-state index is -1.27. The van der Waals surface area contributed by atoms with E-state index in [9.17, 15) is 15.0 Å². The first-order chi connectivity index (χ1) is 8.38. The number of carbonyl (C=O) groups is 1. The number of rotatable bonds is 5. The fourth-order valence-electron chi connectivity index (χ4n) is 1.52. The van der Waals surface area contributed by atoms with Crippen molar-refractivity contribution in [3.8, 4) is 0 Å². The minimum absolute atomic E-state index is 0.0503. The van der Waals surface area contributed by atoms with Gasteiger partial charge in [-0.1, -0.05) is 0 Å². The van der Waals surface area contributed by atoms with Crippen molar-refractivity contribution < 1.29 is 30.0 Å². The van der Waals surface area contributed by atoms with Crippen LogP contribution < -0.4 is 11.5 Å². The van der Waals surface area contributed by atoms with Crippen molar-refractivity contribution in [1.82, 2.24) is 0 Å². The quantitative estimate of drug-likeness (QED) is 0.307. The summed E-state index contributed by atoms with van der Waals surface area (Å²) in [6, 6.07) is -1.95. The van der Waals surface area contributed by atoms with E-state index in [-0.39, 0.29) is 5.75 Å². The van der Waals surface area contributed by atoms with E-state index in [1.807, 2.05) is 0 Å². The number of ether oxygens (including phenoxy) is 1. The number of aliphatic carboxylic acids is 1. The Morgan fingerprint density at radius 2 is 2.00 bits per heavy atom. The summed E-state index contributed by atoms with van der Waals surface area (Å²) in [5.41, 5.74) is 10.3. The summed E-state index contributed by atoms with van der Waals surface area (Å²) in [6.45, 7) is -0.465. The highest BCUT2D eigenvalue weighted by Gasteiger charge is 2.42. The molecule has 6 atom stereocenters. The lowest BCUT2D eigenvalue weighted by Gasteiger charge is -2.40. The fourth-order valence-corrected chi connectivity index (χ4v) is 2.67. The van der Waals surface area contributed by atoms with Gasteiger partial charge in [0.15, 0.2) is 0 Å². The lowest BCUT2D eigenvalue weighted by Crippen LogP contribution is -2.61. The van der Waals surface area contributed by atoms with E-state index in [1.165, 1.54) is 0 Å². The number of carboxylic acids is 1. The molecule has 18 heavy (non-hydrogen) atoms. The van der Waals surface area contributed by atoms with Gasteiger partial charge in [0.2, 0.25) is 0 Å². The molecule has 1 fully saturated rings. The number of carboxylic acid groups (broad SMARTS) is 1. The second-order valence-corrected chi connectivity index (χ2v) is 5.19. The van der Waals surface area contributed by atoms with Crippen LogP contribution in [0.2, 0.25) is 0 Å². The van der Waals surface area contributed by atoms with Crippen LogP contribution in [-0.4, -0.2) is 74.6 Å². The Bertz CT molecular complexity index is 292. The first-order valence-corrected chi connectivity index (χ1v) is 6.41. The Morgan fingerprint density at radius 1 is 1.39 bits per heavy atom. The SMILES string of the molecule is NC(CS[C@@H]1O[C@H](CO)[C@@H](O)[C@H](O)[C@H]1N)C(=O)O. The molecule has 1 heterocycles. The van der Waals surface area contributed by atoms with Crippen LogP contribution in [0.15, 0.2) is 0 Å². The standard InChI is InChI=1S/C9H18N2O6S/c10-3(8(15)16)2-18-9-5(11)7(14)6(13)4(1-12)17-9/h3-7,9,12-14H,1-2,10-11H2,(H,15,16)/t3?,4-,5-,6-,7-,9+/m1/s1. The molecule has 0 saturated carbocycles. The number of hydrogen-bond acceptors (Lipinski definition) is 8. The summed E-state index contributed by atoms with van der Waals surface area (Å²) in [7, 11) is 0. The van der Waals surface area contributed by atoms with Gasteiger partial charge in [0, 0.05) is 5.75 Å². The summed E-state index contributed by atoms with van der Waals surface area (Å²) in [5.74, 6) is -1.10. The Hall–Kier alpha value is -0.420. The number of thioether (sulfide) groups is 1. The lowest BCUT2D eigenvalue weighted by atomic mass is 9.99. The number of hydrogen-bond donors (Lipinski definition) is 6. The van der Waals surface area contributed by atoms with Gasteiger partial charge in [-0.05, 0) is 0 Å². The molecule has 1 aliphatic heterocycles. The van der Waals surface area contributed by atoms with Gasteiger partial charge < -0.3 is 36.6 Å². The first kappa shape index (κ1) is 15.6. The van der Waals surface area contributed by atoms with E-state index in [0.29, 0.717) is 0 Å². The second kappa shape index (κ2) is 6.66. The number of aliphatic hydroxyl groups is 3. The third-order valence-corrected chi connectivity index (χ3v) is 3.99. The summed E-state index contributed by atoms with van der Waals surface area (Å²) >= 11 is 1.03. The maximum atomic E-state index is 10.6. The summed E-state index contributed by atoms with van der Waals surface area (Å²) in [4.78, 5) is 10.6. The molecule has 0 aromatic heterocycles. The third-order valence-electron chi connectivity index (χ3n) is 2.69. The Morgan fingerprint density at radius 3 is 2.50 bits per heavy atom.